The maximum atomic E-state index is 2.88. The summed E-state index contributed by atoms with van der Waals surface area (Å²) in [5, 5.41) is 4.10. The standard InChI is InChI=1S/C64H66BN3S/c1-60(2,3)40-26-30-50(46(34-40)39-20-13-12-14-21-39)66-52-38-43(68-51-31-27-41(61(4,5)6)35-47(51)63(10)32-17-18-33-64(63,68)11)28-29-48(52)65-49-24-19-23-45-56-44-22-15-16-25-55(44)69-59(56)67(58(45)49)54-37-42(62(7,8)9)36-53(66)57(54)65/h12-16,19-26,28-30,34-38H,17-18,27,31-33H2,1-11H3. The lowest BCUT2D eigenvalue weighted by molar-refractivity contribution is 0.153. The molecule has 6 aromatic carbocycles. The first kappa shape index (κ1) is 43.3. The Hall–Kier alpha value is -5.78. The van der Waals surface area contributed by atoms with Gasteiger partial charge in [-0.25, -0.2) is 0 Å². The minimum atomic E-state index is -0.103. The SMILES string of the molecule is CC(C)(C)C1=CC2=C(CC1)N(c1ccc3c(c1)N(c1ccc(C(C)(C)C)cc1-c1ccccc1)c1cc(C(C)(C)C)cc4c1B3c1cccc3c5c6ccccc6sc5n-4c13)C1(C)CCCCC21C. The number of fused-ring (bicyclic) bond motifs is 11. The van der Waals surface area contributed by atoms with Gasteiger partial charge in [0.15, 0.2) is 0 Å². The molecule has 5 heterocycles. The van der Waals surface area contributed by atoms with Crippen molar-refractivity contribution >= 4 is 88.4 Å². The maximum absolute atomic E-state index is 2.88. The van der Waals surface area contributed by atoms with Gasteiger partial charge in [0.05, 0.1) is 16.7 Å². The second kappa shape index (κ2) is 14.4. The van der Waals surface area contributed by atoms with E-state index in [9.17, 15) is 0 Å². The molecule has 1 fully saturated rings. The predicted octanol–water partition coefficient (Wildman–Crippen LogP) is 16.1. The molecule has 2 aliphatic carbocycles. The fourth-order valence-corrected chi connectivity index (χ4v) is 15.0. The van der Waals surface area contributed by atoms with Gasteiger partial charge in [-0.2, -0.15) is 0 Å². The Bertz CT molecular complexity index is 3560. The van der Waals surface area contributed by atoms with Crippen molar-refractivity contribution in [2.75, 3.05) is 9.80 Å². The maximum Gasteiger partial charge on any atom is 0.252 e. The molecule has 0 amide bonds. The van der Waals surface area contributed by atoms with Crippen molar-refractivity contribution in [3.05, 3.63) is 155 Å². The van der Waals surface area contributed by atoms with Crippen LogP contribution >= 0.6 is 11.3 Å². The third-order valence-corrected chi connectivity index (χ3v) is 19.0. The van der Waals surface area contributed by atoms with E-state index in [-0.39, 0.29) is 33.9 Å². The van der Waals surface area contributed by atoms with Crippen molar-refractivity contribution in [2.45, 2.75) is 131 Å². The molecular weight excluding hydrogens is 854 g/mol. The quantitative estimate of drug-likeness (QED) is 0.164. The van der Waals surface area contributed by atoms with Gasteiger partial charge < -0.3 is 14.4 Å². The smallest absolute Gasteiger partial charge is 0.252 e. The van der Waals surface area contributed by atoms with E-state index in [4.69, 9.17) is 0 Å². The molecule has 0 radical (unpaired) electrons. The first-order chi connectivity index (χ1) is 32.9. The third kappa shape index (κ3) is 5.98. The molecule has 2 unspecified atom stereocenters. The van der Waals surface area contributed by atoms with Gasteiger partial charge in [-0.05, 0) is 130 Å². The van der Waals surface area contributed by atoms with Crippen LogP contribution in [0.1, 0.15) is 126 Å². The van der Waals surface area contributed by atoms with Crippen LogP contribution in [0.5, 0.6) is 0 Å². The molecular formula is C64H66BN3S. The Balaban J connectivity index is 1.15. The fourth-order valence-electron chi connectivity index (χ4n) is 13.8. The van der Waals surface area contributed by atoms with Crippen molar-refractivity contribution in [3.8, 4) is 16.8 Å². The summed E-state index contributed by atoms with van der Waals surface area (Å²) >= 11 is 1.95. The molecule has 5 aliphatic rings. The van der Waals surface area contributed by atoms with Crippen molar-refractivity contribution in [1.29, 1.82) is 0 Å². The minimum absolute atomic E-state index is 0.0187. The van der Waals surface area contributed by atoms with Crippen LogP contribution in [0.2, 0.25) is 0 Å². The zero-order chi connectivity index (χ0) is 47.7. The summed E-state index contributed by atoms with van der Waals surface area (Å²) in [6.07, 6.45) is 9.86. The van der Waals surface area contributed by atoms with E-state index in [1.165, 1.54) is 124 Å². The van der Waals surface area contributed by atoms with Crippen LogP contribution in [0.15, 0.2) is 144 Å². The van der Waals surface area contributed by atoms with Gasteiger partial charge in [-0.3, -0.25) is 0 Å². The summed E-state index contributed by atoms with van der Waals surface area (Å²) in [6, 6.07) is 47.7. The summed E-state index contributed by atoms with van der Waals surface area (Å²) in [6.45, 7) is 26.8. The lowest BCUT2D eigenvalue weighted by atomic mass is 9.33. The first-order valence-electron chi connectivity index (χ1n) is 25.9. The number of aromatic nitrogens is 1. The first-order valence-corrected chi connectivity index (χ1v) is 26.7. The summed E-state index contributed by atoms with van der Waals surface area (Å²) < 4.78 is 4.03. The van der Waals surface area contributed by atoms with Crippen LogP contribution in [-0.4, -0.2) is 16.8 Å². The second-order valence-corrected chi connectivity index (χ2v) is 25.9. The molecule has 13 rings (SSSR count). The second-order valence-electron chi connectivity index (χ2n) is 24.8. The van der Waals surface area contributed by atoms with Gasteiger partial charge in [-0.15, -0.1) is 11.3 Å². The number of anilines is 4. The average Bonchev–Trinajstić information content (AvgIpc) is 3.92. The minimum Gasteiger partial charge on any atom is -0.338 e. The molecule has 0 bridgehead atoms. The number of para-hydroxylation sites is 1. The number of benzene rings is 6. The molecule has 2 aromatic heterocycles. The number of nitrogens with zero attached hydrogens (tertiary/aromatic N) is 3. The Morgan fingerprint density at radius 2 is 1.32 bits per heavy atom. The Morgan fingerprint density at radius 3 is 2.09 bits per heavy atom. The molecule has 2 atom stereocenters. The van der Waals surface area contributed by atoms with Crippen LogP contribution < -0.4 is 26.2 Å². The van der Waals surface area contributed by atoms with Gasteiger partial charge in [0.25, 0.3) is 6.71 Å². The summed E-state index contributed by atoms with van der Waals surface area (Å²) in [5.41, 5.74) is 22.1. The van der Waals surface area contributed by atoms with Crippen LogP contribution in [0, 0.1) is 10.8 Å². The highest BCUT2D eigenvalue weighted by atomic mass is 32.1. The van der Waals surface area contributed by atoms with Gasteiger partial charge >= 0.3 is 0 Å². The van der Waals surface area contributed by atoms with Crippen LogP contribution in [0.4, 0.5) is 22.7 Å². The van der Waals surface area contributed by atoms with Gasteiger partial charge in [-0.1, -0.05) is 173 Å². The Kier molecular flexibility index (Phi) is 9.03. The van der Waals surface area contributed by atoms with E-state index < -0.39 is 0 Å². The number of rotatable bonds is 3. The highest BCUT2D eigenvalue weighted by molar-refractivity contribution is 7.26. The molecule has 346 valence electrons. The Morgan fingerprint density at radius 1 is 0.594 bits per heavy atom. The average molecular weight is 920 g/mol. The summed E-state index contributed by atoms with van der Waals surface area (Å²) in [5.74, 6) is 0. The predicted molar refractivity (Wildman–Crippen MR) is 300 cm³/mol. The van der Waals surface area contributed by atoms with E-state index in [1.54, 1.807) is 16.8 Å². The number of allylic oxidation sites excluding steroid dienone is 3. The highest BCUT2D eigenvalue weighted by Gasteiger charge is 2.59. The molecule has 0 saturated heterocycles. The van der Waals surface area contributed by atoms with Gasteiger partial charge in [0.2, 0.25) is 0 Å². The summed E-state index contributed by atoms with van der Waals surface area (Å²) in [4.78, 5) is 6.95. The van der Waals surface area contributed by atoms with Crippen molar-refractivity contribution in [2.24, 2.45) is 10.8 Å². The molecule has 1 saturated carbocycles. The normalized spacial score (nSPS) is 21.0. The van der Waals surface area contributed by atoms with E-state index in [0.29, 0.717) is 0 Å². The molecule has 0 spiro atoms. The van der Waals surface area contributed by atoms with Gasteiger partial charge in [0.1, 0.15) is 4.83 Å². The van der Waals surface area contributed by atoms with Crippen molar-refractivity contribution < 1.29 is 0 Å². The number of hydrogen-bond acceptors (Lipinski definition) is 3. The van der Waals surface area contributed by atoms with Gasteiger partial charge in [0, 0.05) is 60.3 Å². The molecule has 0 N–H and O–H groups in total. The zero-order valence-corrected chi connectivity index (χ0v) is 43.5. The van der Waals surface area contributed by atoms with E-state index in [1.807, 2.05) is 11.3 Å². The third-order valence-electron chi connectivity index (χ3n) is 17.8. The van der Waals surface area contributed by atoms with E-state index in [2.05, 4.69) is 218 Å². The molecule has 8 aromatic rings. The number of thiophene rings is 1. The fraction of sp³-hybridized carbons (Fsp3) is 0.344. The lowest BCUT2D eigenvalue weighted by Crippen LogP contribution is -2.60. The van der Waals surface area contributed by atoms with E-state index in [0.717, 1.165) is 12.8 Å². The van der Waals surface area contributed by atoms with Crippen LogP contribution in [0.3, 0.4) is 0 Å². The van der Waals surface area contributed by atoms with E-state index >= 15 is 0 Å². The van der Waals surface area contributed by atoms with Crippen LogP contribution in [-0.2, 0) is 10.8 Å². The topological polar surface area (TPSA) is 11.4 Å². The Labute approximate surface area is 414 Å². The molecule has 3 aliphatic heterocycles. The van der Waals surface area contributed by atoms with Crippen molar-refractivity contribution in [1.82, 2.24) is 4.57 Å². The van der Waals surface area contributed by atoms with Crippen molar-refractivity contribution in [3.63, 3.8) is 0 Å². The largest absolute Gasteiger partial charge is 0.338 e. The van der Waals surface area contributed by atoms with Crippen LogP contribution in [0.25, 0.3) is 48.0 Å². The highest BCUT2D eigenvalue weighted by Crippen LogP contribution is 2.63. The molecule has 5 heteroatoms. The molecule has 69 heavy (non-hydrogen) atoms. The monoisotopic (exact) mass is 920 g/mol. The number of hydrogen-bond donors (Lipinski definition) is 0. The zero-order valence-electron chi connectivity index (χ0n) is 42.7. The summed E-state index contributed by atoms with van der Waals surface area (Å²) in [7, 11) is 0. The lowest BCUT2D eigenvalue weighted by Gasteiger charge is -2.51. The molecule has 3 nitrogen and oxygen atoms in total.